The molecule has 2 atom stereocenters. The number of esters is 1. The minimum atomic E-state index is -0.804. The van der Waals surface area contributed by atoms with Gasteiger partial charge in [-0.2, -0.15) is 11.8 Å². The van der Waals surface area contributed by atoms with Gasteiger partial charge in [-0.3, -0.25) is 9.59 Å². The van der Waals surface area contributed by atoms with Gasteiger partial charge in [0.15, 0.2) is 0 Å². The van der Waals surface area contributed by atoms with Gasteiger partial charge in [-0.1, -0.05) is 32.0 Å². The summed E-state index contributed by atoms with van der Waals surface area (Å²) >= 11 is 3.21. The van der Waals surface area contributed by atoms with Crippen LogP contribution in [-0.2, 0) is 20.1 Å². The lowest BCUT2D eigenvalue weighted by molar-refractivity contribution is -0.140. The first-order chi connectivity index (χ1) is 15.9. The topological polar surface area (TPSA) is 129 Å². The zero-order chi connectivity index (χ0) is 24.1. The Hall–Kier alpha value is -2.56. The fourth-order valence-corrected chi connectivity index (χ4v) is 4.29. The number of carbonyl (C=O) groups excluding carboxylic acids is 3. The Morgan fingerprint density at radius 1 is 1.15 bits per heavy atom. The number of carbonyl (C=O) groups is 3. The van der Waals surface area contributed by atoms with Crippen LogP contribution in [-0.4, -0.2) is 52.8 Å². The Bertz CT molecular complexity index is 893. The van der Waals surface area contributed by atoms with Crippen molar-refractivity contribution in [3.8, 4) is 5.75 Å². The fraction of sp³-hybridized carbons (Fsp3) is 0.417. The highest BCUT2D eigenvalue weighted by Crippen LogP contribution is 2.22. The first-order valence-corrected chi connectivity index (χ1v) is 13.1. The zero-order valence-electron chi connectivity index (χ0n) is 19.7. The van der Waals surface area contributed by atoms with Crippen molar-refractivity contribution in [2.24, 2.45) is 5.92 Å². The smallest absolute Gasteiger partial charge is 0.334 e. The van der Waals surface area contributed by atoms with E-state index in [9.17, 15) is 14.4 Å². The average Bonchev–Trinajstić information content (AvgIpc) is 2.81. The fourth-order valence-electron chi connectivity index (χ4n) is 3.00. The van der Waals surface area contributed by atoms with Crippen molar-refractivity contribution >= 4 is 41.8 Å². The predicted molar refractivity (Wildman–Crippen MR) is 141 cm³/mol. The van der Waals surface area contributed by atoms with Gasteiger partial charge in [0.25, 0.3) is 0 Å². The summed E-state index contributed by atoms with van der Waals surface area (Å²) in [4.78, 5) is 40.7. The lowest BCUT2D eigenvalue weighted by Gasteiger charge is -2.22. The summed E-state index contributed by atoms with van der Waals surface area (Å²) in [7, 11) is 0. The third-order valence-electron chi connectivity index (χ3n) is 4.67. The Labute approximate surface area is 212 Å². The van der Waals surface area contributed by atoms with Crippen molar-refractivity contribution in [1.29, 1.82) is 0 Å². The molecule has 34 heavy (non-hydrogen) atoms. The normalized spacial score (nSPS) is 12.2. The highest BCUT2D eigenvalue weighted by atomic mass is 32.2. The number of hydrogen-bond acceptors (Lipinski definition) is 7. The van der Waals surface area contributed by atoms with Crippen molar-refractivity contribution in [1.82, 2.24) is 15.6 Å². The van der Waals surface area contributed by atoms with Crippen LogP contribution in [0, 0.1) is 5.92 Å². The molecule has 10 heteroatoms. The summed E-state index contributed by atoms with van der Waals surface area (Å²) in [6.45, 7) is 3.94. The van der Waals surface area contributed by atoms with E-state index in [1.165, 1.54) is 0 Å². The van der Waals surface area contributed by atoms with Gasteiger partial charge in [0, 0.05) is 14.8 Å². The summed E-state index contributed by atoms with van der Waals surface area (Å²) < 4.78 is 5.55. The van der Waals surface area contributed by atoms with Gasteiger partial charge < -0.3 is 20.8 Å². The number of benzene rings is 1. The Balaban J connectivity index is 0. The molecule has 8 nitrogen and oxygen atoms in total. The van der Waals surface area contributed by atoms with Gasteiger partial charge in [-0.05, 0) is 60.6 Å². The van der Waals surface area contributed by atoms with Crippen LogP contribution in [0.2, 0.25) is 0 Å². The lowest BCUT2D eigenvalue weighted by Crippen LogP contribution is -2.51. The van der Waals surface area contributed by atoms with E-state index in [0.717, 1.165) is 16.3 Å². The number of thioether (sulfide) groups is 2. The van der Waals surface area contributed by atoms with Crippen LogP contribution in [0.1, 0.15) is 35.1 Å². The van der Waals surface area contributed by atoms with E-state index in [1.54, 1.807) is 41.9 Å². The van der Waals surface area contributed by atoms with Crippen molar-refractivity contribution < 1.29 is 27.4 Å². The predicted octanol–water partition coefficient (Wildman–Crippen LogP) is 3.35. The number of ether oxygens (including phenoxy) is 1. The molecule has 0 spiro atoms. The first-order valence-electron chi connectivity index (χ1n) is 10.8. The van der Waals surface area contributed by atoms with Crippen LogP contribution in [0.15, 0.2) is 53.7 Å². The van der Waals surface area contributed by atoms with E-state index in [0.29, 0.717) is 30.8 Å². The highest BCUT2D eigenvalue weighted by Gasteiger charge is 2.27. The van der Waals surface area contributed by atoms with Crippen LogP contribution >= 0.6 is 23.5 Å². The summed E-state index contributed by atoms with van der Waals surface area (Å²) in [6, 6.07) is 11.6. The van der Waals surface area contributed by atoms with Crippen molar-refractivity contribution in [2.45, 2.75) is 49.6 Å². The van der Waals surface area contributed by atoms with Crippen LogP contribution < -0.4 is 15.4 Å². The maximum atomic E-state index is 12.8. The van der Waals surface area contributed by atoms with Gasteiger partial charge in [-0.15, -0.1) is 11.8 Å². The maximum absolute atomic E-state index is 12.8. The lowest BCUT2D eigenvalue weighted by atomic mass is 10.0. The molecular formula is C24H37N3O5S2. The van der Waals surface area contributed by atoms with E-state index in [2.05, 4.69) is 15.6 Å². The van der Waals surface area contributed by atoms with Crippen LogP contribution in [0.4, 0.5) is 0 Å². The van der Waals surface area contributed by atoms with Gasteiger partial charge in [0.2, 0.25) is 12.3 Å². The molecule has 0 saturated heterocycles. The molecule has 2 rings (SSSR count). The standard InChI is InChI=1S/C24H31N3O4S2.H2O.2H2/c1-17(2)14-21(27-23(29)20(26-16-28)11-13-32-3)24(30)31-19-9-7-18(8-10-19)15-33-22-6-4-5-12-25-22;;;/h4-10,12,16-17,20-21H,11,13-15H2,1-3H3,(H,26,28)(H,27,29);1H2;2*1H/t20-,21-;;;/m0.../s1. The van der Waals surface area contributed by atoms with Gasteiger partial charge in [0.1, 0.15) is 17.8 Å². The van der Waals surface area contributed by atoms with E-state index in [-0.39, 0.29) is 20.2 Å². The van der Waals surface area contributed by atoms with Gasteiger partial charge in [-0.25, -0.2) is 9.78 Å². The second-order valence-electron chi connectivity index (χ2n) is 7.83. The molecule has 1 aromatic carbocycles. The van der Waals surface area contributed by atoms with E-state index >= 15 is 0 Å². The van der Waals surface area contributed by atoms with Crippen LogP contribution in [0.3, 0.4) is 0 Å². The molecule has 190 valence electrons. The SMILES string of the molecule is CSCC[C@H](NC=O)C(=O)N[C@@H](CC(C)C)C(=O)Oc1ccc(CSc2ccccn2)cc1.O.[HH].[HH]. The summed E-state index contributed by atoms with van der Waals surface area (Å²) in [5.74, 6) is 1.13. The molecule has 1 aromatic heterocycles. The number of pyridine rings is 1. The van der Waals surface area contributed by atoms with Crippen LogP contribution in [0.5, 0.6) is 5.75 Å². The van der Waals surface area contributed by atoms with E-state index < -0.39 is 18.1 Å². The summed E-state index contributed by atoms with van der Waals surface area (Å²) in [5.41, 5.74) is 1.08. The van der Waals surface area contributed by atoms with E-state index in [4.69, 9.17) is 4.74 Å². The van der Waals surface area contributed by atoms with Gasteiger partial charge >= 0.3 is 5.97 Å². The molecule has 0 radical (unpaired) electrons. The molecule has 2 aromatic rings. The number of aromatic nitrogens is 1. The number of nitrogens with zero attached hydrogens (tertiary/aromatic N) is 1. The largest absolute Gasteiger partial charge is 0.425 e. The third kappa shape index (κ3) is 10.6. The molecule has 0 unspecified atom stereocenters. The zero-order valence-corrected chi connectivity index (χ0v) is 21.3. The Morgan fingerprint density at radius 2 is 1.88 bits per heavy atom. The minimum absolute atomic E-state index is 0. The summed E-state index contributed by atoms with van der Waals surface area (Å²) in [6.07, 6.45) is 5.11. The second kappa shape index (κ2) is 16.1. The molecular weight excluding hydrogens is 474 g/mol. The molecule has 0 saturated carbocycles. The van der Waals surface area contributed by atoms with Crippen molar-refractivity contribution in [3.05, 3.63) is 54.2 Å². The monoisotopic (exact) mass is 511 g/mol. The minimum Gasteiger partial charge on any atom is -0.425 e. The quantitative estimate of drug-likeness (QED) is 0.172. The Kier molecular flexibility index (Phi) is 14.0. The molecule has 1 heterocycles. The van der Waals surface area contributed by atoms with Crippen molar-refractivity contribution in [2.75, 3.05) is 12.0 Å². The van der Waals surface area contributed by atoms with E-state index in [1.807, 2.05) is 50.4 Å². The molecule has 0 aliphatic heterocycles. The van der Waals surface area contributed by atoms with Gasteiger partial charge in [0.05, 0.1) is 5.03 Å². The number of nitrogens with one attached hydrogen (secondary N) is 2. The first kappa shape index (κ1) is 29.5. The van der Waals surface area contributed by atoms with Crippen molar-refractivity contribution in [3.63, 3.8) is 0 Å². The molecule has 2 amide bonds. The maximum Gasteiger partial charge on any atom is 0.334 e. The summed E-state index contributed by atoms with van der Waals surface area (Å²) in [5, 5.41) is 6.23. The number of rotatable bonds is 14. The highest BCUT2D eigenvalue weighted by molar-refractivity contribution is 7.98. The molecule has 0 bridgehead atoms. The second-order valence-corrected chi connectivity index (χ2v) is 9.81. The molecule has 0 aliphatic rings. The third-order valence-corrected chi connectivity index (χ3v) is 6.33. The molecule has 0 fully saturated rings. The molecule has 0 aliphatic carbocycles. The number of hydrogen-bond donors (Lipinski definition) is 2. The number of amides is 2. The van der Waals surface area contributed by atoms with Crippen LogP contribution in [0.25, 0.3) is 0 Å². The Morgan fingerprint density at radius 3 is 2.47 bits per heavy atom. The molecule has 4 N–H and O–H groups in total. The average molecular weight is 512 g/mol.